The Morgan fingerprint density at radius 1 is 0.340 bits per heavy atom. The highest BCUT2D eigenvalue weighted by molar-refractivity contribution is 6.05. The van der Waals surface area contributed by atoms with Gasteiger partial charge < -0.3 is 0 Å². The molecule has 8 aromatic carbocycles. The van der Waals surface area contributed by atoms with Crippen LogP contribution >= 0.6 is 0 Å². The zero-order chi connectivity index (χ0) is 35.5. The molecule has 0 bridgehead atoms. The molecular formula is C51H36N2. The third-order valence-corrected chi connectivity index (χ3v) is 11.1. The largest absolute Gasteiger partial charge is 0.228 e. The van der Waals surface area contributed by atoms with E-state index in [1.165, 1.54) is 66.1 Å². The molecule has 0 radical (unpaired) electrons. The standard InChI is InChI=1S/C51H36N2/c1-51(2)46-20-12-11-19-43(46)45-31-38(25-28-47(45)51)36-21-22-37-30-39(24-23-35(37)29-36)48-32-49(53-50(52-48)34-15-7-4-8-16-34)44-27-26-40(33-13-5-3-6-14-33)41-17-9-10-18-42(41)44/h3-32H,1-2H3. The van der Waals surface area contributed by atoms with Gasteiger partial charge in [-0.15, -0.1) is 0 Å². The Kier molecular flexibility index (Phi) is 7.19. The number of aromatic nitrogens is 2. The summed E-state index contributed by atoms with van der Waals surface area (Å²) in [6, 6.07) is 65.4. The normalized spacial score (nSPS) is 12.9. The molecule has 0 unspecified atom stereocenters. The van der Waals surface area contributed by atoms with E-state index in [4.69, 9.17) is 9.97 Å². The fourth-order valence-electron chi connectivity index (χ4n) is 8.33. The molecule has 10 rings (SSSR count). The van der Waals surface area contributed by atoms with E-state index >= 15 is 0 Å². The van der Waals surface area contributed by atoms with E-state index in [9.17, 15) is 0 Å². The number of hydrogen-bond acceptors (Lipinski definition) is 2. The summed E-state index contributed by atoms with van der Waals surface area (Å²) < 4.78 is 0. The Labute approximate surface area is 310 Å². The van der Waals surface area contributed by atoms with Crippen LogP contribution in [0, 0.1) is 0 Å². The molecule has 1 aromatic heterocycles. The molecule has 0 aliphatic heterocycles. The van der Waals surface area contributed by atoms with Crippen LogP contribution < -0.4 is 0 Å². The molecule has 0 saturated heterocycles. The number of hydrogen-bond donors (Lipinski definition) is 0. The second-order valence-corrected chi connectivity index (χ2v) is 14.6. The molecule has 0 spiro atoms. The summed E-state index contributed by atoms with van der Waals surface area (Å²) in [6.07, 6.45) is 0. The van der Waals surface area contributed by atoms with Crippen molar-refractivity contribution in [1.82, 2.24) is 9.97 Å². The third-order valence-electron chi connectivity index (χ3n) is 11.1. The topological polar surface area (TPSA) is 25.8 Å². The quantitative estimate of drug-likeness (QED) is 0.181. The summed E-state index contributed by atoms with van der Waals surface area (Å²) in [7, 11) is 0. The molecule has 1 aliphatic carbocycles. The Balaban J connectivity index is 1.07. The maximum absolute atomic E-state index is 5.20. The van der Waals surface area contributed by atoms with Gasteiger partial charge >= 0.3 is 0 Å². The van der Waals surface area contributed by atoms with Gasteiger partial charge in [-0.3, -0.25) is 0 Å². The minimum absolute atomic E-state index is 0.00416. The van der Waals surface area contributed by atoms with Crippen LogP contribution in [0.1, 0.15) is 25.0 Å². The summed E-state index contributed by atoms with van der Waals surface area (Å²) in [6.45, 7) is 4.66. The summed E-state index contributed by atoms with van der Waals surface area (Å²) in [4.78, 5) is 10.4. The Morgan fingerprint density at radius 3 is 1.66 bits per heavy atom. The highest BCUT2D eigenvalue weighted by atomic mass is 14.9. The van der Waals surface area contributed by atoms with Gasteiger partial charge in [-0.1, -0.05) is 172 Å². The lowest BCUT2D eigenvalue weighted by molar-refractivity contribution is 0.660. The van der Waals surface area contributed by atoms with E-state index in [2.05, 4.69) is 178 Å². The zero-order valence-corrected chi connectivity index (χ0v) is 29.7. The van der Waals surface area contributed by atoms with E-state index in [0.29, 0.717) is 5.82 Å². The molecule has 0 amide bonds. The number of benzene rings is 8. The van der Waals surface area contributed by atoms with Gasteiger partial charge in [0.25, 0.3) is 0 Å². The molecule has 0 atom stereocenters. The Morgan fingerprint density at radius 2 is 0.887 bits per heavy atom. The summed E-state index contributed by atoms with van der Waals surface area (Å²) >= 11 is 0. The van der Waals surface area contributed by atoms with E-state index in [0.717, 1.165) is 28.1 Å². The molecular weight excluding hydrogens is 641 g/mol. The predicted octanol–water partition coefficient (Wildman–Crippen LogP) is 13.4. The Bertz CT molecular complexity index is 2850. The first-order valence-electron chi connectivity index (χ1n) is 18.3. The van der Waals surface area contributed by atoms with Crippen molar-refractivity contribution in [3.63, 3.8) is 0 Å². The van der Waals surface area contributed by atoms with Crippen LogP contribution in [0.3, 0.4) is 0 Å². The van der Waals surface area contributed by atoms with Crippen molar-refractivity contribution >= 4 is 21.5 Å². The van der Waals surface area contributed by atoms with E-state index in [1.807, 2.05) is 18.2 Å². The highest BCUT2D eigenvalue weighted by Gasteiger charge is 2.35. The van der Waals surface area contributed by atoms with Gasteiger partial charge in [0.05, 0.1) is 11.4 Å². The number of nitrogens with zero attached hydrogens (tertiary/aromatic N) is 2. The van der Waals surface area contributed by atoms with Gasteiger partial charge in [0, 0.05) is 22.1 Å². The lowest BCUT2D eigenvalue weighted by Gasteiger charge is -2.21. The molecule has 2 heteroatoms. The second-order valence-electron chi connectivity index (χ2n) is 14.6. The van der Waals surface area contributed by atoms with Crippen LogP contribution in [-0.4, -0.2) is 9.97 Å². The average Bonchev–Trinajstić information content (AvgIpc) is 3.45. The van der Waals surface area contributed by atoms with Crippen LogP contribution in [0.25, 0.3) is 88.8 Å². The molecule has 0 fully saturated rings. The fourth-order valence-corrected chi connectivity index (χ4v) is 8.33. The predicted molar refractivity (Wildman–Crippen MR) is 222 cm³/mol. The second kappa shape index (κ2) is 12.3. The van der Waals surface area contributed by atoms with Crippen LogP contribution in [0.2, 0.25) is 0 Å². The fraction of sp³-hybridized carbons (Fsp3) is 0.0588. The van der Waals surface area contributed by atoms with Crippen molar-refractivity contribution in [2.45, 2.75) is 19.3 Å². The minimum atomic E-state index is 0.00416. The van der Waals surface area contributed by atoms with Crippen molar-refractivity contribution in [3.05, 3.63) is 193 Å². The van der Waals surface area contributed by atoms with E-state index in [1.54, 1.807) is 0 Å². The lowest BCUT2D eigenvalue weighted by atomic mass is 9.82. The highest BCUT2D eigenvalue weighted by Crippen LogP contribution is 2.49. The maximum Gasteiger partial charge on any atom is 0.160 e. The zero-order valence-electron chi connectivity index (χ0n) is 29.7. The van der Waals surface area contributed by atoms with Gasteiger partial charge in [0.2, 0.25) is 0 Å². The molecule has 0 N–H and O–H groups in total. The minimum Gasteiger partial charge on any atom is -0.228 e. The maximum atomic E-state index is 5.20. The van der Waals surface area contributed by atoms with Crippen LogP contribution in [0.5, 0.6) is 0 Å². The van der Waals surface area contributed by atoms with Crippen LogP contribution in [0.15, 0.2) is 182 Å². The van der Waals surface area contributed by atoms with Gasteiger partial charge in [-0.25, -0.2) is 9.97 Å². The SMILES string of the molecule is CC1(C)c2ccccc2-c2cc(-c3ccc4cc(-c5cc(-c6ccc(-c7ccccc7)c7ccccc67)nc(-c6ccccc6)n5)ccc4c3)ccc21. The lowest BCUT2D eigenvalue weighted by Crippen LogP contribution is -2.14. The van der Waals surface area contributed by atoms with Crippen LogP contribution in [-0.2, 0) is 5.41 Å². The summed E-state index contributed by atoms with van der Waals surface area (Å²) in [5, 5.41) is 4.75. The van der Waals surface area contributed by atoms with Crippen molar-refractivity contribution in [1.29, 1.82) is 0 Å². The molecule has 1 heterocycles. The molecule has 250 valence electrons. The molecule has 1 aliphatic rings. The van der Waals surface area contributed by atoms with Gasteiger partial charge in [-0.05, 0) is 90.3 Å². The first-order chi connectivity index (χ1) is 26.0. The first kappa shape index (κ1) is 31.1. The van der Waals surface area contributed by atoms with Crippen molar-refractivity contribution in [3.8, 4) is 67.3 Å². The summed E-state index contributed by atoms with van der Waals surface area (Å²) in [5.41, 5.74) is 15.3. The van der Waals surface area contributed by atoms with Gasteiger partial charge in [0.15, 0.2) is 5.82 Å². The van der Waals surface area contributed by atoms with E-state index in [-0.39, 0.29) is 5.41 Å². The number of fused-ring (bicyclic) bond motifs is 5. The van der Waals surface area contributed by atoms with Crippen molar-refractivity contribution in [2.75, 3.05) is 0 Å². The van der Waals surface area contributed by atoms with Gasteiger partial charge in [-0.2, -0.15) is 0 Å². The number of rotatable bonds is 5. The summed E-state index contributed by atoms with van der Waals surface area (Å²) in [5.74, 6) is 0.714. The monoisotopic (exact) mass is 676 g/mol. The van der Waals surface area contributed by atoms with Crippen LogP contribution in [0.4, 0.5) is 0 Å². The average molecular weight is 677 g/mol. The van der Waals surface area contributed by atoms with Gasteiger partial charge in [0.1, 0.15) is 0 Å². The first-order valence-corrected chi connectivity index (χ1v) is 18.3. The third kappa shape index (κ3) is 5.26. The van der Waals surface area contributed by atoms with E-state index < -0.39 is 0 Å². The molecule has 0 saturated carbocycles. The Hall–Kier alpha value is -6.64. The molecule has 9 aromatic rings. The molecule has 2 nitrogen and oxygen atoms in total. The smallest absolute Gasteiger partial charge is 0.160 e. The van der Waals surface area contributed by atoms with Crippen molar-refractivity contribution in [2.24, 2.45) is 0 Å². The molecule has 53 heavy (non-hydrogen) atoms. The van der Waals surface area contributed by atoms with Crippen molar-refractivity contribution < 1.29 is 0 Å².